The van der Waals surface area contributed by atoms with Crippen molar-refractivity contribution < 1.29 is 4.74 Å². The van der Waals surface area contributed by atoms with Crippen molar-refractivity contribution in [2.24, 2.45) is 0 Å². The molecule has 0 aliphatic carbocycles. The van der Waals surface area contributed by atoms with Crippen molar-refractivity contribution in [3.05, 3.63) is 52.8 Å². The van der Waals surface area contributed by atoms with Gasteiger partial charge in [0.2, 0.25) is 5.88 Å². The Morgan fingerprint density at radius 2 is 2.08 bits per heavy atom. The molecule has 0 amide bonds. The highest BCUT2D eigenvalue weighted by Crippen LogP contribution is 2.31. The van der Waals surface area contributed by atoms with Crippen LogP contribution in [-0.2, 0) is 0 Å². The van der Waals surface area contributed by atoms with Gasteiger partial charge in [-0.15, -0.1) is 0 Å². The fourth-order valence-corrected chi connectivity index (χ4v) is 2.82. The molecule has 0 fully saturated rings. The molecule has 0 atom stereocenters. The Labute approximate surface area is 160 Å². The van der Waals surface area contributed by atoms with Crippen LogP contribution in [0.5, 0.6) is 5.88 Å². The van der Waals surface area contributed by atoms with E-state index in [4.69, 9.17) is 4.74 Å². The second kappa shape index (κ2) is 8.13. The number of nitriles is 1. The minimum absolute atomic E-state index is 0.461. The molecule has 1 N–H and O–H groups in total. The SMILES string of the molecule is CN(C)CCOc1cc2c(Nc3cccc(Br)c3)c(C#N)cnc2cn1. The molecule has 0 saturated heterocycles. The van der Waals surface area contributed by atoms with Crippen molar-refractivity contribution in [1.29, 1.82) is 5.26 Å². The van der Waals surface area contributed by atoms with Gasteiger partial charge in [-0.1, -0.05) is 22.0 Å². The topological polar surface area (TPSA) is 74.1 Å². The maximum Gasteiger partial charge on any atom is 0.214 e. The number of aromatic nitrogens is 2. The van der Waals surface area contributed by atoms with E-state index in [2.05, 4.69) is 37.3 Å². The van der Waals surface area contributed by atoms with Crippen LogP contribution in [0.3, 0.4) is 0 Å². The smallest absolute Gasteiger partial charge is 0.214 e. The first kappa shape index (κ1) is 18.1. The average Bonchev–Trinajstić information content (AvgIpc) is 2.62. The van der Waals surface area contributed by atoms with E-state index in [1.165, 1.54) is 0 Å². The molecule has 0 radical (unpaired) electrons. The number of hydrogen-bond donors (Lipinski definition) is 1. The Morgan fingerprint density at radius 1 is 1.23 bits per heavy atom. The molecule has 0 aliphatic rings. The van der Waals surface area contributed by atoms with Crippen LogP contribution in [-0.4, -0.2) is 42.1 Å². The zero-order valence-corrected chi connectivity index (χ0v) is 16.1. The third-order valence-electron chi connectivity index (χ3n) is 3.73. The Kier molecular flexibility index (Phi) is 5.66. The van der Waals surface area contributed by atoms with Crippen LogP contribution >= 0.6 is 15.9 Å². The monoisotopic (exact) mass is 411 g/mol. The van der Waals surface area contributed by atoms with Gasteiger partial charge in [-0.05, 0) is 32.3 Å². The molecular formula is C19H18BrN5O. The van der Waals surface area contributed by atoms with Gasteiger partial charge in [0.1, 0.15) is 12.7 Å². The summed E-state index contributed by atoms with van der Waals surface area (Å²) < 4.78 is 6.68. The fraction of sp³-hybridized carbons (Fsp3) is 0.211. The number of likely N-dealkylation sites (N-methyl/N-ethyl adjacent to an activating group) is 1. The van der Waals surface area contributed by atoms with Crippen molar-refractivity contribution in [1.82, 2.24) is 14.9 Å². The van der Waals surface area contributed by atoms with Gasteiger partial charge >= 0.3 is 0 Å². The van der Waals surface area contributed by atoms with Gasteiger partial charge in [0.25, 0.3) is 0 Å². The van der Waals surface area contributed by atoms with Gasteiger partial charge in [-0.3, -0.25) is 4.98 Å². The van der Waals surface area contributed by atoms with Crippen LogP contribution in [0.1, 0.15) is 5.56 Å². The minimum atomic E-state index is 0.461. The molecule has 0 saturated carbocycles. The summed E-state index contributed by atoms with van der Waals surface area (Å²) in [4.78, 5) is 10.7. The van der Waals surface area contributed by atoms with E-state index in [1.54, 1.807) is 12.4 Å². The number of benzene rings is 1. The number of pyridine rings is 2. The Morgan fingerprint density at radius 3 is 2.81 bits per heavy atom. The van der Waals surface area contributed by atoms with Crippen LogP contribution in [0.25, 0.3) is 10.9 Å². The normalized spacial score (nSPS) is 10.7. The third-order valence-corrected chi connectivity index (χ3v) is 4.23. The second-order valence-electron chi connectivity index (χ2n) is 5.99. The molecule has 0 spiro atoms. The lowest BCUT2D eigenvalue weighted by atomic mass is 10.1. The summed E-state index contributed by atoms with van der Waals surface area (Å²) in [5.41, 5.74) is 2.72. The van der Waals surface area contributed by atoms with Gasteiger partial charge in [0, 0.05) is 34.4 Å². The number of rotatable bonds is 6. The number of nitrogens with one attached hydrogen (secondary N) is 1. The highest BCUT2D eigenvalue weighted by Gasteiger charge is 2.11. The average molecular weight is 412 g/mol. The van der Waals surface area contributed by atoms with Gasteiger partial charge in [-0.25, -0.2) is 4.98 Å². The first-order chi connectivity index (χ1) is 12.6. The first-order valence-corrected chi connectivity index (χ1v) is 8.85. The van der Waals surface area contributed by atoms with Gasteiger partial charge in [0.15, 0.2) is 0 Å². The molecule has 26 heavy (non-hydrogen) atoms. The zero-order chi connectivity index (χ0) is 18.5. The van der Waals surface area contributed by atoms with Crippen molar-refractivity contribution in [3.8, 4) is 11.9 Å². The summed E-state index contributed by atoms with van der Waals surface area (Å²) in [5, 5.41) is 13.6. The molecule has 0 bridgehead atoms. The molecule has 1 aromatic carbocycles. The summed E-state index contributed by atoms with van der Waals surface area (Å²) in [6, 6.07) is 11.8. The molecule has 2 heterocycles. The number of hydrogen-bond acceptors (Lipinski definition) is 6. The molecule has 132 valence electrons. The predicted molar refractivity (Wildman–Crippen MR) is 106 cm³/mol. The molecule has 0 aliphatic heterocycles. The van der Waals surface area contributed by atoms with E-state index in [9.17, 15) is 5.26 Å². The number of nitrogens with zero attached hydrogens (tertiary/aromatic N) is 4. The lowest BCUT2D eigenvalue weighted by Gasteiger charge is -2.13. The Balaban J connectivity index is 1.99. The van der Waals surface area contributed by atoms with Crippen molar-refractivity contribution in [2.75, 3.05) is 32.6 Å². The fourth-order valence-electron chi connectivity index (χ4n) is 2.42. The van der Waals surface area contributed by atoms with Crippen LogP contribution in [0.2, 0.25) is 0 Å². The minimum Gasteiger partial charge on any atom is -0.476 e. The maximum atomic E-state index is 9.49. The van der Waals surface area contributed by atoms with Crippen LogP contribution < -0.4 is 10.1 Å². The maximum absolute atomic E-state index is 9.49. The van der Waals surface area contributed by atoms with Gasteiger partial charge in [0.05, 0.1) is 23.0 Å². The summed E-state index contributed by atoms with van der Waals surface area (Å²) in [6.07, 6.45) is 3.21. The number of fused-ring (bicyclic) bond motifs is 1. The molecule has 3 rings (SSSR count). The van der Waals surface area contributed by atoms with Crippen LogP contribution in [0.4, 0.5) is 11.4 Å². The molecule has 6 nitrogen and oxygen atoms in total. The summed E-state index contributed by atoms with van der Waals surface area (Å²) >= 11 is 3.46. The lowest BCUT2D eigenvalue weighted by Crippen LogP contribution is -2.19. The largest absolute Gasteiger partial charge is 0.476 e. The molecular weight excluding hydrogens is 394 g/mol. The van der Waals surface area contributed by atoms with Crippen LogP contribution in [0, 0.1) is 11.3 Å². The van der Waals surface area contributed by atoms with E-state index in [-0.39, 0.29) is 0 Å². The highest BCUT2D eigenvalue weighted by atomic mass is 79.9. The van der Waals surface area contributed by atoms with E-state index >= 15 is 0 Å². The Hall–Kier alpha value is -2.69. The lowest BCUT2D eigenvalue weighted by molar-refractivity contribution is 0.254. The first-order valence-electron chi connectivity index (χ1n) is 8.06. The van der Waals surface area contributed by atoms with Crippen molar-refractivity contribution in [2.45, 2.75) is 0 Å². The van der Waals surface area contributed by atoms with Crippen LogP contribution in [0.15, 0.2) is 47.2 Å². The van der Waals surface area contributed by atoms with E-state index in [0.717, 1.165) is 22.1 Å². The molecule has 7 heteroatoms. The van der Waals surface area contributed by atoms with E-state index < -0.39 is 0 Å². The molecule has 2 aromatic heterocycles. The van der Waals surface area contributed by atoms with Crippen molar-refractivity contribution >= 4 is 38.2 Å². The Bertz CT molecular complexity index is 968. The van der Waals surface area contributed by atoms with Gasteiger partial charge in [-0.2, -0.15) is 5.26 Å². The molecule has 3 aromatic rings. The number of ether oxygens (including phenoxy) is 1. The van der Waals surface area contributed by atoms with Gasteiger partial charge < -0.3 is 15.0 Å². The zero-order valence-electron chi connectivity index (χ0n) is 14.5. The summed E-state index contributed by atoms with van der Waals surface area (Å²) in [5.74, 6) is 0.508. The summed E-state index contributed by atoms with van der Waals surface area (Å²) in [7, 11) is 3.97. The highest BCUT2D eigenvalue weighted by molar-refractivity contribution is 9.10. The van der Waals surface area contributed by atoms with E-state index in [1.807, 2.05) is 49.3 Å². The third kappa shape index (κ3) is 4.28. The summed E-state index contributed by atoms with van der Waals surface area (Å²) in [6.45, 7) is 1.32. The van der Waals surface area contributed by atoms with E-state index in [0.29, 0.717) is 29.3 Å². The quantitative estimate of drug-likeness (QED) is 0.661. The predicted octanol–water partition coefficient (Wildman–Crippen LogP) is 3.95. The van der Waals surface area contributed by atoms with Crippen molar-refractivity contribution in [3.63, 3.8) is 0 Å². The number of anilines is 2. The number of halogens is 1. The second-order valence-corrected chi connectivity index (χ2v) is 6.90. The standard InChI is InChI=1S/C19H18BrN5O/c1-25(2)6-7-26-18-9-16-17(12-23-18)22-11-13(10-21)19(16)24-15-5-3-4-14(20)8-15/h3-5,8-9,11-12H,6-7H2,1-2H3,(H,22,24). The molecule has 0 unspecified atom stereocenters.